The van der Waals surface area contributed by atoms with Crippen molar-refractivity contribution in [2.75, 3.05) is 6.79 Å². The summed E-state index contributed by atoms with van der Waals surface area (Å²) < 4.78 is 11.0. The number of Topliss-reactive ketones (excluding diaryl/α,β-unsaturated/α-hetero) is 1. The van der Waals surface area contributed by atoms with Crippen molar-refractivity contribution in [3.8, 4) is 22.6 Å². The lowest BCUT2D eigenvalue weighted by molar-refractivity contribution is -0.137. The third kappa shape index (κ3) is 4.43. The second-order valence-electron chi connectivity index (χ2n) is 9.97. The third-order valence-electron chi connectivity index (χ3n) is 7.48. The Morgan fingerprint density at radius 1 is 0.914 bits per heavy atom. The minimum absolute atomic E-state index is 0.0756. The quantitative estimate of drug-likeness (QED) is 0.429. The summed E-state index contributed by atoms with van der Waals surface area (Å²) in [4.78, 5) is 24.7. The van der Waals surface area contributed by atoms with Gasteiger partial charge in [-0.1, -0.05) is 49.4 Å². The number of hydrogen-bond acceptors (Lipinski definition) is 4. The molecule has 1 aliphatic carbocycles. The number of rotatable bonds is 8. The van der Waals surface area contributed by atoms with E-state index in [4.69, 9.17) is 9.47 Å². The highest BCUT2D eigenvalue weighted by Crippen LogP contribution is 2.51. The molecule has 3 aromatic rings. The van der Waals surface area contributed by atoms with Crippen LogP contribution < -0.4 is 9.47 Å². The van der Waals surface area contributed by atoms with Crippen molar-refractivity contribution in [1.82, 2.24) is 0 Å². The van der Waals surface area contributed by atoms with Crippen LogP contribution in [-0.2, 0) is 21.4 Å². The molecule has 1 unspecified atom stereocenters. The number of carbonyl (C=O) groups is 2. The fourth-order valence-corrected chi connectivity index (χ4v) is 5.09. The lowest BCUT2D eigenvalue weighted by Gasteiger charge is -2.18. The van der Waals surface area contributed by atoms with Gasteiger partial charge in [-0.15, -0.1) is 0 Å². The van der Waals surface area contributed by atoms with E-state index >= 15 is 0 Å². The van der Waals surface area contributed by atoms with Crippen LogP contribution in [0.2, 0.25) is 0 Å². The third-order valence-corrected chi connectivity index (χ3v) is 7.48. The zero-order valence-electron chi connectivity index (χ0n) is 20.4. The maximum absolute atomic E-state index is 13.5. The molecule has 5 nitrogen and oxygen atoms in total. The van der Waals surface area contributed by atoms with Crippen LogP contribution >= 0.6 is 0 Å². The summed E-state index contributed by atoms with van der Waals surface area (Å²) in [5.74, 6) is 0.801. The van der Waals surface area contributed by atoms with Gasteiger partial charge in [-0.25, -0.2) is 0 Å². The second-order valence-corrected chi connectivity index (χ2v) is 9.97. The first-order chi connectivity index (χ1) is 16.8. The zero-order valence-corrected chi connectivity index (χ0v) is 20.4. The van der Waals surface area contributed by atoms with Gasteiger partial charge < -0.3 is 14.6 Å². The summed E-state index contributed by atoms with van der Waals surface area (Å²) in [6, 6.07) is 18.3. The van der Waals surface area contributed by atoms with E-state index in [0.29, 0.717) is 12.2 Å². The molecule has 0 spiro atoms. The highest BCUT2D eigenvalue weighted by Gasteiger charge is 2.50. The molecule has 0 bridgehead atoms. The fraction of sp³-hybridized carbons (Fsp3) is 0.333. The number of hydrogen-bond donors (Lipinski definition) is 1. The maximum Gasteiger partial charge on any atom is 0.303 e. The van der Waals surface area contributed by atoms with Crippen molar-refractivity contribution >= 4 is 11.8 Å². The summed E-state index contributed by atoms with van der Waals surface area (Å²) in [7, 11) is 0. The molecule has 1 atom stereocenters. The van der Waals surface area contributed by atoms with Crippen molar-refractivity contribution in [2.24, 2.45) is 0 Å². The van der Waals surface area contributed by atoms with Crippen molar-refractivity contribution in [1.29, 1.82) is 0 Å². The van der Waals surface area contributed by atoms with Crippen LogP contribution in [0.15, 0.2) is 54.6 Å². The number of aliphatic carboxylic acids is 1. The van der Waals surface area contributed by atoms with Gasteiger partial charge in [0.1, 0.15) is 5.78 Å². The van der Waals surface area contributed by atoms with Crippen molar-refractivity contribution in [2.45, 2.75) is 57.8 Å². The Morgan fingerprint density at radius 2 is 1.60 bits per heavy atom. The highest BCUT2D eigenvalue weighted by molar-refractivity contribution is 5.95. The van der Waals surface area contributed by atoms with Gasteiger partial charge in [0.15, 0.2) is 11.5 Å². The molecule has 35 heavy (non-hydrogen) atoms. The number of carbonyl (C=O) groups excluding carboxylic acids is 1. The molecular formula is C30H30O5. The summed E-state index contributed by atoms with van der Waals surface area (Å²) in [6.45, 7) is 6.30. The number of ketones is 1. The molecule has 1 saturated carbocycles. The number of aryl methyl sites for hydroxylation is 2. The molecular weight excluding hydrogens is 440 g/mol. The molecule has 3 aromatic carbocycles. The van der Waals surface area contributed by atoms with Crippen LogP contribution in [0, 0.1) is 13.8 Å². The highest BCUT2D eigenvalue weighted by atomic mass is 16.7. The Labute approximate surface area is 205 Å². The average Bonchev–Trinajstić information content (AvgIpc) is 3.51. The summed E-state index contributed by atoms with van der Waals surface area (Å²) in [5.41, 5.74) is 7.00. The molecule has 5 rings (SSSR count). The molecule has 1 N–H and O–H groups in total. The Balaban J connectivity index is 1.41. The fourth-order valence-electron chi connectivity index (χ4n) is 5.09. The van der Waals surface area contributed by atoms with E-state index in [1.165, 1.54) is 0 Å². The number of carboxylic acid groups (broad SMARTS) is 1. The monoisotopic (exact) mass is 470 g/mol. The van der Waals surface area contributed by atoms with Crippen LogP contribution in [0.4, 0.5) is 0 Å². The lowest BCUT2D eigenvalue weighted by Crippen LogP contribution is -2.22. The van der Waals surface area contributed by atoms with Crippen molar-refractivity contribution in [3.63, 3.8) is 0 Å². The minimum Gasteiger partial charge on any atom is -0.481 e. The smallest absolute Gasteiger partial charge is 0.303 e. The van der Waals surface area contributed by atoms with Gasteiger partial charge in [0.2, 0.25) is 6.79 Å². The first-order valence-electron chi connectivity index (χ1n) is 12.1. The molecule has 1 fully saturated rings. The van der Waals surface area contributed by atoms with Gasteiger partial charge in [-0.2, -0.15) is 0 Å². The van der Waals surface area contributed by atoms with Gasteiger partial charge in [0.05, 0.1) is 11.8 Å². The van der Waals surface area contributed by atoms with Crippen LogP contribution in [-0.4, -0.2) is 23.7 Å². The van der Waals surface area contributed by atoms with E-state index in [1.807, 2.05) is 37.3 Å². The van der Waals surface area contributed by atoms with Gasteiger partial charge >= 0.3 is 5.97 Å². The minimum atomic E-state index is -0.798. The van der Waals surface area contributed by atoms with E-state index in [0.717, 1.165) is 57.5 Å². The van der Waals surface area contributed by atoms with E-state index < -0.39 is 11.4 Å². The zero-order chi connectivity index (χ0) is 24.7. The average molecular weight is 471 g/mol. The van der Waals surface area contributed by atoms with Crippen molar-refractivity contribution < 1.29 is 24.2 Å². The summed E-state index contributed by atoms with van der Waals surface area (Å²) >= 11 is 0. The Morgan fingerprint density at radius 3 is 2.31 bits per heavy atom. The van der Waals surface area contributed by atoms with E-state index in [9.17, 15) is 14.7 Å². The summed E-state index contributed by atoms with van der Waals surface area (Å²) in [6.07, 6.45) is 2.17. The van der Waals surface area contributed by atoms with E-state index in [2.05, 4.69) is 38.1 Å². The van der Waals surface area contributed by atoms with E-state index in [-0.39, 0.29) is 24.9 Å². The molecule has 0 aromatic heterocycles. The van der Waals surface area contributed by atoms with Gasteiger partial charge in [-0.05, 0) is 83.7 Å². The predicted molar refractivity (Wildman–Crippen MR) is 134 cm³/mol. The molecule has 1 heterocycles. The molecule has 0 radical (unpaired) electrons. The van der Waals surface area contributed by atoms with Gasteiger partial charge in [0, 0.05) is 6.42 Å². The SMILES string of the molecule is Cc1ccc(CC(=O)C2(c3ccc4c(c3)OCO4)CC2)cc1-c1cc(C(C)CC(=O)O)ccc1C. The maximum atomic E-state index is 13.5. The van der Waals surface area contributed by atoms with Crippen LogP contribution in [0.3, 0.4) is 0 Å². The predicted octanol–water partition coefficient (Wildman–Crippen LogP) is 6.12. The first kappa shape index (κ1) is 23.2. The van der Waals surface area contributed by atoms with Crippen LogP contribution in [0.5, 0.6) is 11.5 Å². The molecule has 0 saturated heterocycles. The van der Waals surface area contributed by atoms with E-state index in [1.54, 1.807) is 0 Å². The van der Waals surface area contributed by atoms with Crippen LogP contribution in [0.1, 0.15) is 59.9 Å². The Hall–Kier alpha value is -3.60. The largest absolute Gasteiger partial charge is 0.481 e. The van der Waals surface area contributed by atoms with Gasteiger partial charge in [0.25, 0.3) is 0 Å². The number of benzene rings is 3. The number of carboxylic acids is 1. The normalized spacial score (nSPS) is 16.1. The standard InChI is InChI=1S/C30H30O5/c1-18-4-6-21(13-24(18)25-15-22(7-5-19(25)2)20(3)12-29(32)33)14-28(31)30(10-11-30)23-8-9-26-27(16-23)35-17-34-26/h4-9,13,15-16,20H,10-12,14,17H2,1-3H3,(H,32,33). The number of ether oxygens (including phenoxy) is 2. The second kappa shape index (κ2) is 8.88. The molecule has 5 heteroatoms. The number of fused-ring (bicyclic) bond motifs is 1. The van der Waals surface area contributed by atoms with Gasteiger partial charge in [-0.3, -0.25) is 9.59 Å². The topological polar surface area (TPSA) is 72.8 Å². The molecule has 180 valence electrons. The molecule has 1 aliphatic heterocycles. The van der Waals surface area contributed by atoms with Crippen molar-refractivity contribution in [3.05, 3.63) is 82.4 Å². The first-order valence-corrected chi connectivity index (χ1v) is 12.1. The Kier molecular flexibility index (Phi) is 5.87. The summed E-state index contributed by atoms with van der Waals surface area (Å²) in [5, 5.41) is 9.20. The Bertz CT molecular complexity index is 1320. The van der Waals surface area contributed by atoms with Crippen LogP contribution in [0.25, 0.3) is 11.1 Å². The molecule has 2 aliphatic rings. The lowest BCUT2D eigenvalue weighted by atomic mass is 9.86. The molecule has 0 amide bonds.